The Labute approximate surface area is 112 Å². The third kappa shape index (κ3) is 2.26. The molecule has 2 rings (SSSR count). The van der Waals surface area contributed by atoms with Crippen molar-refractivity contribution in [2.24, 2.45) is 0 Å². The van der Waals surface area contributed by atoms with Crippen LogP contribution < -0.4 is 9.47 Å². The van der Waals surface area contributed by atoms with Crippen LogP contribution in [0.15, 0.2) is 28.7 Å². The second-order valence-corrected chi connectivity index (χ2v) is 4.62. The van der Waals surface area contributed by atoms with E-state index in [1.165, 1.54) is 20.1 Å². The highest BCUT2D eigenvalue weighted by Crippen LogP contribution is 2.41. The summed E-state index contributed by atoms with van der Waals surface area (Å²) in [5.74, 6) is 0.217. The minimum atomic E-state index is -0.427. The van der Waals surface area contributed by atoms with Crippen LogP contribution in [0.1, 0.15) is 6.92 Å². The van der Waals surface area contributed by atoms with Gasteiger partial charge in [-0.3, -0.25) is 4.79 Å². The Hall–Kier alpha value is -1.75. The Morgan fingerprint density at radius 1 is 1.22 bits per heavy atom. The van der Waals surface area contributed by atoms with Gasteiger partial charge in [-0.2, -0.15) is 0 Å². The molecule has 1 N–H and O–H groups in total. The second kappa shape index (κ2) is 4.86. The summed E-state index contributed by atoms with van der Waals surface area (Å²) in [5.41, 5.74) is 0. The van der Waals surface area contributed by atoms with Gasteiger partial charge in [0.05, 0.1) is 7.11 Å². The minimum Gasteiger partial charge on any atom is -0.504 e. The number of methoxy groups -OCH3 is 1. The number of carbonyl (C=O) groups excluding carboxylic acids is 1. The van der Waals surface area contributed by atoms with E-state index in [1.807, 2.05) is 0 Å². The van der Waals surface area contributed by atoms with E-state index >= 15 is 0 Å². The first-order chi connectivity index (χ1) is 8.52. The predicted molar refractivity (Wildman–Crippen MR) is 71.2 cm³/mol. The fraction of sp³-hybridized carbons (Fsp3) is 0.154. The van der Waals surface area contributed by atoms with E-state index in [0.717, 1.165) is 4.47 Å². The van der Waals surface area contributed by atoms with E-state index in [2.05, 4.69) is 15.9 Å². The molecule has 0 heterocycles. The Kier molecular flexibility index (Phi) is 3.43. The minimum absolute atomic E-state index is 0.0240. The number of benzene rings is 2. The number of esters is 1. The van der Waals surface area contributed by atoms with Crippen LogP contribution in [0, 0.1) is 0 Å². The van der Waals surface area contributed by atoms with Gasteiger partial charge in [-0.05, 0) is 18.2 Å². The van der Waals surface area contributed by atoms with Crippen LogP contribution in [-0.4, -0.2) is 18.2 Å². The van der Waals surface area contributed by atoms with Crippen LogP contribution in [0.5, 0.6) is 17.2 Å². The number of halogens is 1. The summed E-state index contributed by atoms with van der Waals surface area (Å²) < 4.78 is 11.0. The molecule has 0 aromatic heterocycles. The predicted octanol–water partition coefficient (Wildman–Crippen LogP) is 3.24. The van der Waals surface area contributed by atoms with Gasteiger partial charge in [0.25, 0.3) is 0 Å². The van der Waals surface area contributed by atoms with Gasteiger partial charge < -0.3 is 14.6 Å². The van der Waals surface area contributed by atoms with Crippen molar-refractivity contribution in [2.45, 2.75) is 6.92 Å². The van der Waals surface area contributed by atoms with Crippen LogP contribution in [0.3, 0.4) is 0 Å². The molecule has 0 amide bonds. The van der Waals surface area contributed by atoms with E-state index in [1.54, 1.807) is 18.2 Å². The highest BCUT2D eigenvalue weighted by atomic mass is 79.9. The number of aromatic hydroxyl groups is 1. The zero-order chi connectivity index (χ0) is 13.3. The molecule has 2 aromatic carbocycles. The van der Waals surface area contributed by atoms with Crippen molar-refractivity contribution < 1.29 is 19.4 Å². The maximum atomic E-state index is 11.1. The SMILES string of the molecule is COc1cc(OC(C)=O)c2cc(Br)ccc2c1O. The highest BCUT2D eigenvalue weighted by Gasteiger charge is 2.14. The molecule has 5 heteroatoms. The lowest BCUT2D eigenvalue weighted by atomic mass is 10.1. The molecule has 0 saturated carbocycles. The number of ether oxygens (including phenoxy) is 2. The van der Waals surface area contributed by atoms with Crippen molar-refractivity contribution in [1.82, 2.24) is 0 Å². The van der Waals surface area contributed by atoms with Crippen LogP contribution in [0.4, 0.5) is 0 Å². The van der Waals surface area contributed by atoms with Crippen LogP contribution >= 0.6 is 15.9 Å². The molecule has 0 bridgehead atoms. The quantitative estimate of drug-likeness (QED) is 0.683. The zero-order valence-corrected chi connectivity index (χ0v) is 11.4. The van der Waals surface area contributed by atoms with Gasteiger partial charge >= 0.3 is 5.97 Å². The molecule has 2 aromatic rings. The van der Waals surface area contributed by atoms with E-state index in [4.69, 9.17) is 9.47 Å². The first kappa shape index (κ1) is 12.7. The van der Waals surface area contributed by atoms with Gasteiger partial charge in [0.1, 0.15) is 5.75 Å². The molecule has 94 valence electrons. The van der Waals surface area contributed by atoms with Crippen LogP contribution in [-0.2, 0) is 4.79 Å². The summed E-state index contributed by atoms with van der Waals surface area (Å²) in [7, 11) is 1.44. The first-order valence-electron chi connectivity index (χ1n) is 5.20. The Morgan fingerprint density at radius 2 is 1.94 bits per heavy atom. The molecular formula is C13H11BrO4. The molecule has 0 saturated heterocycles. The lowest BCUT2D eigenvalue weighted by Crippen LogP contribution is -2.02. The molecule has 0 fully saturated rings. The Balaban J connectivity index is 2.77. The van der Waals surface area contributed by atoms with E-state index in [-0.39, 0.29) is 11.5 Å². The van der Waals surface area contributed by atoms with Crippen molar-refractivity contribution >= 4 is 32.7 Å². The van der Waals surface area contributed by atoms with Gasteiger partial charge in [0.15, 0.2) is 11.5 Å². The van der Waals surface area contributed by atoms with Gasteiger partial charge in [-0.1, -0.05) is 15.9 Å². The molecule has 0 aliphatic heterocycles. The molecule has 0 radical (unpaired) electrons. The third-order valence-electron chi connectivity index (χ3n) is 2.47. The van der Waals surface area contributed by atoms with Crippen molar-refractivity contribution in [1.29, 1.82) is 0 Å². The third-order valence-corrected chi connectivity index (χ3v) is 2.96. The molecule has 18 heavy (non-hydrogen) atoms. The van der Waals surface area contributed by atoms with Crippen molar-refractivity contribution in [3.63, 3.8) is 0 Å². The lowest BCUT2D eigenvalue weighted by Gasteiger charge is -2.11. The maximum Gasteiger partial charge on any atom is 0.308 e. The molecule has 0 atom stereocenters. The van der Waals surface area contributed by atoms with Gasteiger partial charge in [-0.15, -0.1) is 0 Å². The Bertz CT molecular complexity index is 622. The van der Waals surface area contributed by atoms with Crippen molar-refractivity contribution in [3.05, 3.63) is 28.7 Å². The average molecular weight is 311 g/mol. The van der Waals surface area contributed by atoms with Crippen LogP contribution in [0.2, 0.25) is 0 Å². The Morgan fingerprint density at radius 3 is 2.56 bits per heavy atom. The summed E-state index contributed by atoms with van der Waals surface area (Å²) in [5, 5.41) is 11.2. The number of rotatable bonds is 2. The highest BCUT2D eigenvalue weighted by molar-refractivity contribution is 9.10. The standard InChI is InChI=1S/C13H11BrO4/c1-7(15)18-11-6-12(17-2)13(16)9-4-3-8(14)5-10(9)11/h3-6,16H,1-2H3. The smallest absolute Gasteiger partial charge is 0.308 e. The van der Waals surface area contributed by atoms with E-state index < -0.39 is 5.97 Å². The largest absolute Gasteiger partial charge is 0.504 e. The summed E-state index contributed by atoms with van der Waals surface area (Å²) in [4.78, 5) is 11.1. The summed E-state index contributed by atoms with van der Waals surface area (Å²) >= 11 is 3.34. The molecule has 0 spiro atoms. The number of phenolic OH excluding ortho intramolecular Hbond substituents is 1. The molecule has 0 unspecified atom stereocenters. The maximum absolute atomic E-state index is 11.1. The fourth-order valence-corrected chi connectivity index (χ4v) is 2.08. The monoisotopic (exact) mass is 310 g/mol. The number of phenols is 1. The zero-order valence-electron chi connectivity index (χ0n) is 9.86. The topological polar surface area (TPSA) is 55.8 Å². The number of fused-ring (bicyclic) bond motifs is 1. The summed E-state index contributed by atoms with van der Waals surface area (Å²) in [6.45, 7) is 1.32. The number of hydrogen-bond donors (Lipinski definition) is 1. The first-order valence-corrected chi connectivity index (χ1v) is 6.00. The molecule has 0 aliphatic carbocycles. The van der Waals surface area contributed by atoms with Crippen molar-refractivity contribution in [3.8, 4) is 17.2 Å². The molecular weight excluding hydrogens is 300 g/mol. The van der Waals surface area contributed by atoms with E-state index in [0.29, 0.717) is 16.5 Å². The van der Waals surface area contributed by atoms with E-state index in [9.17, 15) is 9.90 Å². The summed E-state index contributed by atoms with van der Waals surface area (Å²) in [6, 6.07) is 6.78. The van der Waals surface area contributed by atoms with Crippen molar-refractivity contribution in [2.75, 3.05) is 7.11 Å². The normalized spacial score (nSPS) is 10.4. The number of hydrogen-bond acceptors (Lipinski definition) is 4. The van der Waals surface area contributed by atoms with Gasteiger partial charge in [0, 0.05) is 28.2 Å². The average Bonchev–Trinajstić information content (AvgIpc) is 2.32. The number of carbonyl (C=O) groups is 1. The fourth-order valence-electron chi connectivity index (χ4n) is 1.72. The molecule has 0 aliphatic rings. The molecule has 4 nitrogen and oxygen atoms in total. The van der Waals surface area contributed by atoms with Gasteiger partial charge in [-0.25, -0.2) is 0 Å². The summed E-state index contributed by atoms with van der Waals surface area (Å²) in [6.07, 6.45) is 0. The lowest BCUT2D eigenvalue weighted by molar-refractivity contribution is -0.131. The second-order valence-electron chi connectivity index (χ2n) is 3.71. The van der Waals surface area contributed by atoms with Gasteiger partial charge in [0.2, 0.25) is 0 Å². The van der Waals surface area contributed by atoms with Crippen LogP contribution in [0.25, 0.3) is 10.8 Å².